The lowest BCUT2D eigenvalue weighted by Gasteiger charge is -2.27. The van der Waals surface area contributed by atoms with E-state index >= 15 is 0 Å². The van der Waals surface area contributed by atoms with Gasteiger partial charge in [0.1, 0.15) is 17.5 Å². The lowest BCUT2D eigenvalue weighted by molar-refractivity contribution is -0.139. The van der Waals surface area contributed by atoms with Crippen LogP contribution in [0.2, 0.25) is 0 Å². The topological polar surface area (TPSA) is 118 Å². The molecule has 1 atom stereocenters. The molecule has 1 saturated heterocycles. The maximum absolute atomic E-state index is 14.2. The molecule has 2 aliphatic heterocycles. The monoisotopic (exact) mass is 649 g/mol. The van der Waals surface area contributed by atoms with Crippen molar-refractivity contribution >= 4 is 29.3 Å². The average Bonchev–Trinajstić information content (AvgIpc) is 3.72. The fourth-order valence-electron chi connectivity index (χ4n) is 5.71. The Kier molecular flexibility index (Phi) is 10.5. The fraction of sp³-hybridized carbons (Fsp3) is 0.412. The van der Waals surface area contributed by atoms with E-state index in [9.17, 15) is 14.4 Å². The van der Waals surface area contributed by atoms with Gasteiger partial charge in [-0.3, -0.25) is 14.2 Å². The first-order chi connectivity index (χ1) is 22.3. The first-order valence-corrected chi connectivity index (χ1v) is 16.2. The number of thiazole rings is 1. The second kappa shape index (κ2) is 14.7. The number of likely N-dealkylation sites (tertiary alicyclic amines) is 1. The molecule has 11 nitrogen and oxygen atoms in total. The van der Waals surface area contributed by atoms with E-state index in [0.29, 0.717) is 61.1 Å². The number of hydrogen-bond acceptors (Lipinski definition) is 10. The molecule has 0 bridgehead atoms. The number of ether oxygens (including phenoxy) is 5. The predicted molar refractivity (Wildman–Crippen MR) is 173 cm³/mol. The molecule has 2 aliphatic rings. The molecule has 0 saturated carbocycles. The molecular weight excluding hydrogens is 610 g/mol. The second-order valence-corrected chi connectivity index (χ2v) is 11.8. The molecule has 12 heteroatoms. The van der Waals surface area contributed by atoms with E-state index in [4.69, 9.17) is 28.7 Å². The zero-order valence-corrected chi connectivity index (χ0v) is 27.6. The van der Waals surface area contributed by atoms with E-state index < -0.39 is 12.0 Å². The summed E-state index contributed by atoms with van der Waals surface area (Å²) in [6.07, 6.45) is 5.01. The number of amides is 1. The van der Waals surface area contributed by atoms with Gasteiger partial charge in [-0.15, -0.1) is 0 Å². The van der Waals surface area contributed by atoms with Gasteiger partial charge in [-0.25, -0.2) is 9.79 Å². The fourth-order valence-corrected chi connectivity index (χ4v) is 6.73. The van der Waals surface area contributed by atoms with Crippen molar-refractivity contribution in [3.63, 3.8) is 0 Å². The molecule has 1 fully saturated rings. The van der Waals surface area contributed by atoms with Crippen LogP contribution in [0, 0.1) is 0 Å². The minimum atomic E-state index is -0.859. The number of nitrogens with zero attached hydrogens (tertiary/aromatic N) is 3. The number of esters is 1. The summed E-state index contributed by atoms with van der Waals surface area (Å²) < 4.78 is 30.0. The summed E-state index contributed by atoms with van der Waals surface area (Å²) in [5.74, 6) is 1.31. The minimum Gasteiger partial charge on any atom is -0.497 e. The van der Waals surface area contributed by atoms with Crippen LogP contribution in [0.15, 0.2) is 57.5 Å². The van der Waals surface area contributed by atoms with E-state index in [0.717, 1.165) is 32.4 Å². The Labute approximate surface area is 271 Å². The Morgan fingerprint density at radius 3 is 2.39 bits per heavy atom. The number of benzene rings is 2. The van der Waals surface area contributed by atoms with Crippen molar-refractivity contribution in [1.82, 2.24) is 9.47 Å². The average molecular weight is 650 g/mol. The van der Waals surface area contributed by atoms with Crippen molar-refractivity contribution in [2.75, 3.05) is 47.6 Å². The van der Waals surface area contributed by atoms with Gasteiger partial charge in [0.2, 0.25) is 0 Å². The van der Waals surface area contributed by atoms with E-state index in [2.05, 4.69) is 0 Å². The summed E-state index contributed by atoms with van der Waals surface area (Å²) in [5.41, 5.74) is 1.80. The molecule has 3 heterocycles. The van der Waals surface area contributed by atoms with Crippen molar-refractivity contribution in [1.29, 1.82) is 0 Å². The first-order valence-electron chi connectivity index (χ1n) is 15.4. The SMILES string of the molecule is CCCC1=C(C(=O)OCC)[C@@H](c2cc(OC)ccc2OC)n2c(s/c(=C\c3ccc(OCC(=O)N4CCCC4)c(OC)c3)c2=O)=N1. The van der Waals surface area contributed by atoms with Crippen LogP contribution in [0.3, 0.4) is 0 Å². The summed E-state index contributed by atoms with van der Waals surface area (Å²) in [6, 6.07) is 9.70. The van der Waals surface area contributed by atoms with Gasteiger partial charge in [-0.1, -0.05) is 30.7 Å². The maximum Gasteiger partial charge on any atom is 0.338 e. The van der Waals surface area contributed by atoms with Crippen LogP contribution >= 0.6 is 11.3 Å². The molecule has 0 N–H and O–H groups in total. The first kappa shape index (κ1) is 32.8. The number of hydrogen-bond donors (Lipinski definition) is 0. The molecule has 3 aromatic rings. The van der Waals surface area contributed by atoms with E-state index in [1.165, 1.54) is 23.0 Å². The molecule has 244 valence electrons. The lowest BCUT2D eigenvalue weighted by atomic mass is 9.93. The van der Waals surface area contributed by atoms with Gasteiger partial charge in [0.05, 0.1) is 43.7 Å². The van der Waals surface area contributed by atoms with Crippen LogP contribution in [0.5, 0.6) is 23.0 Å². The molecule has 1 amide bonds. The van der Waals surface area contributed by atoms with Crippen LogP contribution in [-0.2, 0) is 14.3 Å². The van der Waals surface area contributed by atoms with Crippen molar-refractivity contribution < 1.29 is 33.3 Å². The summed E-state index contributed by atoms with van der Waals surface area (Å²) in [4.78, 5) is 47.3. The number of aromatic nitrogens is 1. The zero-order valence-electron chi connectivity index (χ0n) is 26.8. The second-order valence-electron chi connectivity index (χ2n) is 10.8. The number of carbonyl (C=O) groups excluding carboxylic acids is 2. The highest BCUT2D eigenvalue weighted by molar-refractivity contribution is 7.07. The molecule has 5 rings (SSSR count). The van der Waals surface area contributed by atoms with Crippen molar-refractivity contribution in [2.24, 2.45) is 4.99 Å². The van der Waals surface area contributed by atoms with Crippen molar-refractivity contribution in [2.45, 2.75) is 45.6 Å². The van der Waals surface area contributed by atoms with E-state index in [1.807, 2.05) is 6.92 Å². The van der Waals surface area contributed by atoms with Gasteiger partial charge in [-0.05, 0) is 68.2 Å². The molecule has 2 aromatic carbocycles. The third-order valence-corrected chi connectivity index (χ3v) is 8.90. The highest BCUT2D eigenvalue weighted by Gasteiger charge is 2.36. The van der Waals surface area contributed by atoms with Gasteiger partial charge in [0, 0.05) is 18.7 Å². The summed E-state index contributed by atoms with van der Waals surface area (Å²) in [7, 11) is 4.62. The Morgan fingerprint density at radius 1 is 0.978 bits per heavy atom. The Hall–Kier alpha value is -4.58. The predicted octanol–water partition coefficient (Wildman–Crippen LogP) is 3.61. The van der Waals surface area contributed by atoms with E-state index in [1.54, 1.807) is 68.5 Å². The lowest BCUT2D eigenvalue weighted by Crippen LogP contribution is -2.40. The maximum atomic E-state index is 14.2. The number of allylic oxidation sites excluding steroid dienone is 1. The van der Waals surface area contributed by atoms with Gasteiger partial charge in [0.25, 0.3) is 11.5 Å². The van der Waals surface area contributed by atoms with Crippen LogP contribution in [0.1, 0.15) is 56.7 Å². The van der Waals surface area contributed by atoms with Crippen LogP contribution < -0.4 is 33.8 Å². The number of carbonyl (C=O) groups is 2. The Bertz CT molecular complexity index is 1820. The molecule has 0 unspecified atom stereocenters. The summed E-state index contributed by atoms with van der Waals surface area (Å²) >= 11 is 1.23. The third kappa shape index (κ3) is 6.67. The molecule has 0 spiro atoms. The Balaban J connectivity index is 1.60. The van der Waals surface area contributed by atoms with Crippen molar-refractivity contribution in [3.8, 4) is 23.0 Å². The number of methoxy groups -OCH3 is 3. The highest BCUT2D eigenvalue weighted by atomic mass is 32.1. The quantitative estimate of drug-likeness (QED) is 0.273. The highest BCUT2D eigenvalue weighted by Crippen LogP contribution is 2.39. The smallest absolute Gasteiger partial charge is 0.338 e. The van der Waals surface area contributed by atoms with Gasteiger partial charge in [0.15, 0.2) is 22.9 Å². The standard InChI is InChI=1S/C34H39N3O8S/c1-6-10-24-30(33(40)44-7-2)31(23-19-22(41-3)12-14-25(23)42-4)37-32(39)28(46-34(37)35-24)18-21-11-13-26(27(17-21)43-5)45-20-29(38)36-15-8-9-16-36/h11-14,17-19,31H,6-10,15-16,20H2,1-5H3/b28-18-/t31-/m1/s1. The van der Waals surface area contributed by atoms with Crippen LogP contribution in [-0.4, -0.2) is 69.0 Å². The van der Waals surface area contributed by atoms with E-state index in [-0.39, 0.29) is 24.7 Å². The van der Waals surface area contributed by atoms with Gasteiger partial charge < -0.3 is 28.6 Å². The van der Waals surface area contributed by atoms with Crippen molar-refractivity contribution in [3.05, 3.63) is 78.5 Å². The van der Waals surface area contributed by atoms with Gasteiger partial charge in [-0.2, -0.15) is 0 Å². The molecule has 0 aliphatic carbocycles. The van der Waals surface area contributed by atoms with Gasteiger partial charge >= 0.3 is 5.97 Å². The zero-order chi connectivity index (χ0) is 32.8. The van der Waals surface area contributed by atoms with Crippen LogP contribution in [0.4, 0.5) is 0 Å². The normalized spacial score (nSPS) is 16.2. The largest absolute Gasteiger partial charge is 0.497 e. The summed E-state index contributed by atoms with van der Waals surface area (Å²) in [6.45, 7) is 5.34. The molecule has 1 aromatic heterocycles. The number of rotatable bonds is 12. The minimum absolute atomic E-state index is 0.0587. The number of fused-ring (bicyclic) bond motifs is 1. The third-order valence-electron chi connectivity index (χ3n) is 7.92. The van der Waals surface area contributed by atoms with Crippen LogP contribution in [0.25, 0.3) is 6.08 Å². The Morgan fingerprint density at radius 2 is 1.72 bits per heavy atom. The molecular formula is C34H39N3O8S. The molecule has 46 heavy (non-hydrogen) atoms. The summed E-state index contributed by atoms with van der Waals surface area (Å²) in [5, 5.41) is 0. The molecule has 0 radical (unpaired) electrons.